The van der Waals surface area contributed by atoms with Gasteiger partial charge in [0.05, 0.1) is 10.00 Å². The fourth-order valence-electron chi connectivity index (χ4n) is 1.77. The number of hydrogen-bond acceptors (Lipinski definition) is 3. The molecule has 0 radical (unpaired) electrons. The van der Waals surface area contributed by atoms with Gasteiger partial charge in [-0.2, -0.15) is 0 Å². The van der Waals surface area contributed by atoms with Gasteiger partial charge < -0.3 is 5.73 Å². The van der Waals surface area contributed by atoms with Gasteiger partial charge in [-0.1, -0.05) is 12.8 Å². The molecule has 0 aromatic heterocycles. The van der Waals surface area contributed by atoms with Crippen LogP contribution in [0.4, 0.5) is 0 Å². The molecule has 13 heavy (non-hydrogen) atoms. The molecule has 2 N–H and O–H groups in total. The molecule has 78 valence electrons. The smallest absolute Gasteiger partial charge is 0.159 e. The van der Waals surface area contributed by atoms with E-state index in [9.17, 15) is 8.42 Å². The average molecular weight is 205 g/mol. The summed E-state index contributed by atoms with van der Waals surface area (Å²) >= 11 is 0. The first-order valence-electron chi connectivity index (χ1n) is 4.85. The van der Waals surface area contributed by atoms with Crippen LogP contribution in [0.15, 0.2) is 0 Å². The zero-order chi connectivity index (χ0) is 10.1. The van der Waals surface area contributed by atoms with E-state index >= 15 is 0 Å². The molecule has 4 heteroatoms. The predicted octanol–water partition coefficient (Wildman–Crippen LogP) is 1.08. The van der Waals surface area contributed by atoms with Crippen molar-refractivity contribution in [1.82, 2.24) is 0 Å². The molecule has 0 atom stereocenters. The van der Waals surface area contributed by atoms with Gasteiger partial charge in [-0.25, -0.2) is 8.42 Å². The molecule has 0 bridgehead atoms. The van der Waals surface area contributed by atoms with Crippen molar-refractivity contribution in [3.63, 3.8) is 0 Å². The molecule has 0 spiro atoms. The van der Waals surface area contributed by atoms with Gasteiger partial charge in [0, 0.05) is 6.54 Å². The molecular weight excluding hydrogens is 186 g/mol. The van der Waals surface area contributed by atoms with Crippen LogP contribution in [0.3, 0.4) is 0 Å². The van der Waals surface area contributed by atoms with Crippen LogP contribution in [0.25, 0.3) is 0 Å². The Bertz CT molecular complexity index is 263. The highest BCUT2D eigenvalue weighted by Crippen LogP contribution is 2.31. The van der Waals surface area contributed by atoms with Crippen molar-refractivity contribution in [3.05, 3.63) is 0 Å². The molecule has 0 aromatic rings. The van der Waals surface area contributed by atoms with E-state index in [0.29, 0.717) is 0 Å². The molecule has 1 rings (SSSR count). The second-order valence-corrected chi connectivity index (χ2v) is 7.28. The van der Waals surface area contributed by atoms with E-state index < -0.39 is 14.6 Å². The van der Waals surface area contributed by atoms with Gasteiger partial charge in [0.2, 0.25) is 0 Å². The predicted molar refractivity (Wildman–Crippen MR) is 54.3 cm³/mol. The molecule has 0 heterocycles. The van der Waals surface area contributed by atoms with Crippen molar-refractivity contribution < 1.29 is 8.42 Å². The van der Waals surface area contributed by atoms with Gasteiger partial charge in [0.1, 0.15) is 0 Å². The standard InChI is InChI=1S/C9H19NO2S/c1-9(2,7-10)13(11,12)8-5-3-4-6-8/h8H,3-7,10H2,1-2H3. The summed E-state index contributed by atoms with van der Waals surface area (Å²) in [6.45, 7) is 3.66. The summed E-state index contributed by atoms with van der Waals surface area (Å²) in [6, 6.07) is 0. The van der Waals surface area contributed by atoms with Crippen LogP contribution >= 0.6 is 0 Å². The van der Waals surface area contributed by atoms with Crippen molar-refractivity contribution >= 4 is 9.84 Å². The number of nitrogens with two attached hydrogens (primary N) is 1. The molecule has 1 fully saturated rings. The van der Waals surface area contributed by atoms with Gasteiger partial charge in [-0.05, 0) is 26.7 Å². The van der Waals surface area contributed by atoms with E-state index in [0.717, 1.165) is 25.7 Å². The Morgan fingerprint density at radius 2 is 1.77 bits per heavy atom. The van der Waals surface area contributed by atoms with Gasteiger partial charge in [-0.3, -0.25) is 0 Å². The average Bonchev–Trinajstić information content (AvgIpc) is 2.56. The van der Waals surface area contributed by atoms with Crippen LogP contribution in [-0.2, 0) is 9.84 Å². The monoisotopic (exact) mass is 205 g/mol. The minimum atomic E-state index is -3.01. The van der Waals surface area contributed by atoms with Crippen LogP contribution in [-0.4, -0.2) is 25.0 Å². The first kappa shape index (κ1) is 11.0. The topological polar surface area (TPSA) is 60.2 Å². The summed E-state index contributed by atoms with van der Waals surface area (Å²) in [5.74, 6) is 0. The van der Waals surface area contributed by atoms with Crippen molar-refractivity contribution in [3.8, 4) is 0 Å². The Morgan fingerprint density at radius 3 is 2.15 bits per heavy atom. The first-order chi connectivity index (χ1) is 5.92. The SMILES string of the molecule is CC(C)(CN)S(=O)(=O)C1CCCC1. The lowest BCUT2D eigenvalue weighted by atomic mass is 10.2. The van der Waals surface area contributed by atoms with E-state index in [1.54, 1.807) is 13.8 Å². The number of sulfone groups is 1. The Labute approximate surface area is 80.6 Å². The molecule has 0 aliphatic heterocycles. The van der Waals surface area contributed by atoms with Crippen LogP contribution in [0.5, 0.6) is 0 Å². The first-order valence-corrected chi connectivity index (χ1v) is 6.40. The van der Waals surface area contributed by atoms with Crippen molar-refractivity contribution in [2.45, 2.75) is 49.5 Å². The fraction of sp³-hybridized carbons (Fsp3) is 1.00. The Hall–Kier alpha value is -0.0900. The zero-order valence-electron chi connectivity index (χ0n) is 8.41. The summed E-state index contributed by atoms with van der Waals surface area (Å²) < 4.78 is 23.3. The van der Waals surface area contributed by atoms with Gasteiger partial charge in [0.15, 0.2) is 9.84 Å². The van der Waals surface area contributed by atoms with E-state index in [-0.39, 0.29) is 11.8 Å². The van der Waals surface area contributed by atoms with E-state index in [1.807, 2.05) is 0 Å². The minimum absolute atomic E-state index is 0.133. The molecule has 0 unspecified atom stereocenters. The molecule has 1 aliphatic carbocycles. The number of rotatable bonds is 3. The van der Waals surface area contributed by atoms with Crippen molar-refractivity contribution in [1.29, 1.82) is 0 Å². The minimum Gasteiger partial charge on any atom is -0.329 e. The van der Waals surface area contributed by atoms with Crippen molar-refractivity contribution in [2.24, 2.45) is 5.73 Å². The Morgan fingerprint density at radius 1 is 1.31 bits per heavy atom. The highest BCUT2D eigenvalue weighted by molar-refractivity contribution is 7.93. The Balaban J connectivity index is 2.87. The lowest BCUT2D eigenvalue weighted by Gasteiger charge is -2.26. The summed E-state index contributed by atoms with van der Waals surface area (Å²) in [7, 11) is -3.01. The molecule has 0 amide bonds. The second kappa shape index (κ2) is 3.58. The molecule has 1 saturated carbocycles. The fourth-order valence-corrected chi connectivity index (χ4v) is 3.85. The van der Waals surface area contributed by atoms with E-state index in [1.165, 1.54) is 0 Å². The Kier molecular flexibility index (Phi) is 3.02. The molecule has 0 saturated heterocycles. The zero-order valence-corrected chi connectivity index (χ0v) is 9.23. The van der Waals surface area contributed by atoms with Crippen LogP contribution in [0, 0.1) is 0 Å². The van der Waals surface area contributed by atoms with Gasteiger partial charge in [-0.15, -0.1) is 0 Å². The maximum atomic E-state index is 12.0. The normalized spacial score (nSPS) is 20.8. The number of hydrogen-bond donors (Lipinski definition) is 1. The van der Waals surface area contributed by atoms with Crippen LogP contribution in [0.2, 0.25) is 0 Å². The van der Waals surface area contributed by atoms with Gasteiger partial charge >= 0.3 is 0 Å². The largest absolute Gasteiger partial charge is 0.329 e. The lowest BCUT2D eigenvalue weighted by Crippen LogP contribution is -2.44. The second-order valence-electron chi connectivity index (χ2n) is 4.42. The maximum Gasteiger partial charge on any atom is 0.159 e. The summed E-state index contributed by atoms with van der Waals surface area (Å²) in [5, 5.41) is -0.133. The summed E-state index contributed by atoms with van der Waals surface area (Å²) in [4.78, 5) is 0. The molecule has 0 aromatic carbocycles. The maximum absolute atomic E-state index is 12.0. The molecule has 3 nitrogen and oxygen atoms in total. The van der Waals surface area contributed by atoms with E-state index in [2.05, 4.69) is 0 Å². The van der Waals surface area contributed by atoms with Crippen LogP contribution < -0.4 is 5.73 Å². The third-order valence-electron chi connectivity index (χ3n) is 3.00. The van der Waals surface area contributed by atoms with Crippen molar-refractivity contribution in [2.75, 3.05) is 6.54 Å². The third kappa shape index (κ3) is 1.89. The molecule has 1 aliphatic rings. The summed E-state index contributed by atoms with van der Waals surface area (Å²) in [5.41, 5.74) is 5.48. The lowest BCUT2D eigenvalue weighted by molar-refractivity contribution is 0.533. The quantitative estimate of drug-likeness (QED) is 0.750. The summed E-state index contributed by atoms with van der Waals surface area (Å²) in [6.07, 6.45) is 3.74. The van der Waals surface area contributed by atoms with E-state index in [4.69, 9.17) is 5.73 Å². The molecular formula is C9H19NO2S. The highest BCUT2D eigenvalue weighted by Gasteiger charge is 2.40. The highest BCUT2D eigenvalue weighted by atomic mass is 32.2. The third-order valence-corrected chi connectivity index (χ3v) is 6.06. The van der Waals surface area contributed by atoms with Gasteiger partial charge in [0.25, 0.3) is 0 Å². The van der Waals surface area contributed by atoms with Crippen LogP contribution in [0.1, 0.15) is 39.5 Å².